The van der Waals surface area contributed by atoms with Gasteiger partial charge in [0.2, 0.25) is 0 Å². The molecular weight excluding hydrogens is 338 g/mol. The molecule has 0 spiro atoms. The van der Waals surface area contributed by atoms with Crippen LogP contribution in [0.1, 0.15) is 0 Å². The van der Waals surface area contributed by atoms with E-state index in [1.54, 1.807) is 14.7 Å². The minimum atomic E-state index is -0.600. The summed E-state index contributed by atoms with van der Waals surface area (Å²) in [6, 6.07) is 0. The molecule has 2 rings (SSSR count). The molecule has 0 saturated carbocycles. The highest BCUT2D eigenvalue weighted by molar-refractivity contribution is 5.90. The van der Waals surface area contributed by atoms with Gasteiger partial charge in [0.1, 0.15) is 6.73 Å². The number of ether oxygens (including phenoxy) is 3. The van der Waals surface area contributed by atoms with Gasteiger partial charge in [-0.25, -0.2) is 0 Å². The first kappa shape index (κ1) is 19.0. The van der Waals surface area contributed by atoms with Gasteiger partial charge >= 0.3 is 23.9 Å². The molecule has 0 unspecified atom stereocenters. The van der Waals surface area contributed by atoms with Crippen molar-refractivity contribution < 1.29 is 38.2 Å². The number of carbonyl (C=O) groups excluding carboxylic acids is 5. The zero-order valence-corrected chi connectivity index (χ0v) is 13.5. The molecule has 11 heteroatoms. The summed E-state index contributed by atoms with van der Waals surface area (Å²) in [7, 11) is 0. The van der Waals surface area contributed by atoms with E-state index in [0.717, 1.165) is 0 Å². The molecule has 2 aliphatic heterocycles. The molecular formula is C14H19N3O8. The second-order valence-electron chi connectivity index (χ2n) is 5.62. The van der Waals surface area contributed by atoms with Gasteiger partial charge in [0, 0.05) is 26.2 Å². The summed E-state index contributed by atoms with van der Waals surface area (Å²) in [5.41, 5.74) is 0. The molecule has 25 heavy (non-hydrogen) atoms. The summed E-state index contributed by atoms with van der Waals surface area (Å²) in [6.45, 7) is 2.01. The predicted molar refractivity (Wildman–Crippen MR) is 78.7 cm³/mol. The number of morpholine rings is 2. The Morgan fingerprint density at radius 2 is 1.24 bits per heavy atom. The number of hydrogen-bond acceptors (Lipinski definition) is 11. The molecule has 0 aliphatic carbocycles. The summed E-state index contributed by atoms with van der Waals surface area (Å²) in [5.74, 6) is -2.40. The second-order valence-corrected chi connectivity index (χ2v) is 5.62. The topological polar surface area (TPSA) is 123 Å². The molecule has 138 valence electrons. The lowest BCUT2D eigenvalue weighted by Gasteiger charge is -2.30. The zero-order chi connectivity index (χ0) is 18.2. The Labute approximate surface area is 143 Å². The molecule has 0 aromatic rings. The fraction of sp³-hybridized carbons (Fsp3) is 0.643. The molecule has 2 heterocycles. The monoisotopic (exact) mass is 357 g/mol. The third kappa shape index (κ3) is 6.57. The molecule has 0 aromatic carbocycles. The van der Waals surface area contributed by atoms with Crippen molar-refractivity contribution in [1.82, 2.24) is 14.7 Å². The summed E-state index contributed by atoms with van der Waals surface area (Å²) >= 11 is 0. The van der Waals surface area contributed by atoms with Gasteiger partial charge in [-0.05, 0) is 0 Å². The Kier molecular flexibility index (Phi) is 6.98. The number of rotatable bonds is 9. The number of nitrogens with zero attached hydrogens (tertiary/aromatic N) is 3. The summed E-state index contributed by atoms with van der Waals surface area (Å²) in [5, 5.41) is 0. The van der Waals surface area contributed by atoms with Crippen LogP contribution in [0.15, 0.2) is 0 Å². The van der Waals surface area contributed by atoms with E-state index in [4.69, 9.17) is 4.74 Å². The lowest BCUT2D eigenvalue weighted by Crippen LogP contribution is -2.48. The molecule has 0 aromatic heterocycles. The molecule has 0 atom stereocenters. The van der Waals surface area contributed by atoms with Crippen molar-refractivity contribution in [3.63, 3.8) is 0 Å². The maximum absolute atomic E-state index is 11.2. The smallest absolute Gasteiger partial charge is 0.327 e. The van der Waals surface area contributed by atoms with Crippen molar-refractivity contribution in [2.45, 2.75) is 0 Å². The molecule has 11 nitrogen and oxygen atoms in total. The Bertz CT molecular complexity index is 478. The number of cyclic esters (lactones) is 4. The van der Waals surface area contributed by atoms with E-state index in [2.05, 4.69) is 9.47 Å². The van der Waals surface area contributed by atoms with Gasteiger partial charge in [-0.3, -0.25) is 38.7 Å². The maximum atomic E-state index is 11.2. The highest BCUT2D eigenvalue weighted by Gasteiger charge is 2.26. The molecule has 2 aliphatic rings. The van der Waals surface area contributed by atoms with Gasteiger partial charge in [0.05, 0.1) is 26.2 Å². The van der Waals surface area contributed by atoms with Crippen LogP contribution in [0.25, 0.3) is 0 Å². The van der Waals surface area contributed by atoms with Gasteiger partial charge in [-0.1, -0.05) is 0 Å². The van der Waals surface area contributed by atoms with Crippen LogP contribution in [0, 0.1) is 0 Å². The quantitative estimate of drug-likeness (QED) is 0.140. The first-order chi connectivity index (χ1) is 12.0. The Balaban J connectivity index is 1.80. The third-order valence-electron chi connectivity index (χ3n) is 3.66. The van der Waals surface area contributed by atoms with Crippen molar-refractivity contribution in [1.29, 1.82) is 0 Å². The fourth-order valence-electron chi connectivity index (χ4n) is 2.48. The average Bonchev–Trinajstić information content (AvgIpc) is 2.52. The zero-order valence-electron chi connectivity index (χ0n) is 13.5. The van der Waals surface area contributed by atoms with Gasteiger partial charge < -0.3 is 14.2 Å². The van der Waals surface area contributed by atoms with E-state index < -0.39 is 23.9 Å². The van der Waals surface area contributed by atoms with E-state index >= 15 is 0 Å². The fourth-order valence-corrected chi connectivity index (χ4v) is 2.48. The maximum Gasteiger partial charge on any atom is 0.327 e. The van der Waals surface area contributed by atoms with Crippen LogP contribution in [0.4, 0.5) is 0 Å². The van der Waals surface area contributed by atoms with Crippen LogP contribution in [-0.2, 0) is 38.2 Å². The van der Waals surface area contributed by atoms with Crippen molar-refractivity contribution in [2.24, 2.45) is 0 Å². The minimum Gasteiger partial charge on any atom is -0.452 e. The van der Waals surface area contributed by atoms with E-state index in [9.17, 15) is 24.0 Å². The third-order valence-corrected chi connectivity index (χ3v) is 3.66. The molecule has 2 fully saturated rings. The van der Waals surface area contributed by atoms with Gasteiger partial charge in [0.15, 0.2) is 0 Å². The Morgan fingerprint density at radius 1 is 0.840 bits per heavy atom. The van der Waals surface area contributed by atoms with E-state index in [1.165, 1.54) is 0 Å². The SMILES string of the molecule is O=COCN(CCN1CC(=O)OC(=O)C1)CCN1CC(=O)OC(=O)C1. The van der Waals surface area contributed by atoms with E-state index in [-0.39, 0.29) is 32.9 Å². The van der Waals surface area contributed by atoms with Crippen molar-refractivity contribution in [2.75, 3.05) is 59.1 Å². The first-order valence-corrected chi connectivity index (χ1v) is 7.65. The average molecular weight is 357 g/mol. The van der Waals surface area contributed by atoms with Crippen LogP contribution >= 0.6 is 0 Å². The Hall–Kier alpha value is -2.37. The van der Waals surface area contributed by atoms with Crippen LogP contribution < -0.4 is 0 Å². The summed E-state index contributed by atoms with van der Waals surface area (Å²) in [4.78, 5) is 60.4. The normalized spacial score (nSPS) is 19.7. The van der Waals surface area contributed by atoms with E-state index in [1.807, 2.05) is 0 Å². The van der Waals surface area contributed by atoms with Crippen molar-refractivity contribution in [3.8, 4) is 0 Å². The van der Waals surface area contributed by atoms with Crippen LogP contribution in [0.5, 0.6) is 0 Å². The van der Waals surface area contributed by atoms with Crippen LogP contribution in [0.3, 0.4) is 0 Å². The van der Waals surface area contributed by atoms with Gasteiger partial charge in [-0.2, -0.15) is 0 Å². The number of esters is 4. The lowest BCUT2D eigenvalue weighted by molar-refractivity contribution is -0.168. The first-order valence-electron chi connectivity index (χ1n) is 7.65. The minimum absolute atomic E-state index is 0.0145. The van der Waals surface area contributed by atoms with Crippen molar-refractivity contribution in [3.05, 3.63) is 0 Å². The number of carbonyl (C=O) groups is 5. The van der Waals surface area contributed by atoms with Gasteiger partial charge in [0.25, 0.3) is 6.47 Å². The standard InChI is InChI=1S/C14H19N3O8/c18-10-23-9-15(1-3-16-5-11(19)24-12(20)6-16)2-4-17-7-13(21)25-14(22)8-17/h10H,1-9H2. The van der Waals surface area contributed by atoms with Crippen molar-refractivity contribution >= 4 is 30.3 Å². The molecule has 0 radical (unpaired) electrons. The van der Waals surface area contributed by atoms with Crippen LogP contribution in [-0.4, -0.2) is 104 Å². The molecule has 0 amide bonds. The number of hydrogen-bond donors (Lipinski definition) is 0. The molecule has 0 N–H and O–H groups in total. The molecule has 2 saturated heterocycles. The summed E-state index contributed by atoms with van der Waals surface area (Å²) < 4.78 is 13.6. The second kappa shape index (κ2) is 9.20. The highest BCUT2D eigenvalue weighted by atomic mass is 16.6. The van der Waals surface area contributed by atoms with Gasteiger partial charge in [-0.15, -0.1) is 0 Å². The Morgan fingerprint density at radius 3 is 1.60 bits per heavy atom. The largest absolute Gasteiger partial charge is 0.452 e. The summed E-state index contributed by atoms with van der Waals surface area (Å²) in [6.07, 6.45) is 0. The highest BCUT2D eigenvalue weighted by Crippen LogP contribution is 2.03. The van der Waals surface area contributed by atoms with Crippen LogP contribution in [0.2, 0.25) is 0 Å². The van der Waals surface area contributed by atoms with E-state index in [0.29, 0.717) is 32.7 Å². The lowest BCUT2D eigenvalue weighted by atomic mass is 10.3. The predicted octanol–water partition coefficient (Wildman–Crippen LogP) is -2.81. The molecule has 0 bridgehead atoms.